The first kappa shape index (κ1) is 34.5. The van der Waals surface area contributed by atoms with E-state index in [-0.39, 0.29) is 16.7 Å². The van der Waals surface area contributed by atoms with Crippen LogP contribution in [0.1, 0.15) is 22.3 Å². The molecule has 4 nitrogen and oxygen atoms in total. The molecule has 0 saturated carbocycles. The number of benzene rings is 7. The second kappa shape index (κ2) is 12.6. The summed E-state index contributed by atoms with van der Waals surface area (Å²) in [5, 5.41) is 23.2. The molecule has 0 aliphatic rings. The van der Waals surface area contributed by atoms with Gasteiger partial charge in [-0.1, -0.05) is 66.7 Å². The Labute approximate surface area is 314 Å². The summed E-state index contributed by atoms with van der Waals surface area (Å²) in [7, 11) is 0. The summed E-state index contributed by atoms with van der Waals surface area (Å²) in [5.41, 5.74) is 3.73. The van der Waals surface area contributed by atoms with E-state index in [1.54, 1.807) is 24.3 Å². The number of nitrogens with zero attached hydrogens (tertiary/aromatic N) is 4. The minimum absolute atomic E-state index is 0.204. The Morgan fingerprint density at radius 1 is 0.411 bits per heavy atom. The summed E-state index contributed by atoms with van der Waals surface area (Å²) in [5.74, 6) is 0. The van der Waals surface area contributed by atoms with Crippen molar-refractivity contribution in [2.24, 2.45) is 0 Å². The van der Waals surface area contributed by atoms with Crippen molar-refractivity contribution in [3.05, 3.63) is 168 Å². The lowest BCUT2D eigenvalue weighted by Crippen LogP contribution is -2.07. The first-order valence-electron chi connectivity index (χ1n) is 17.4. The number of aromatic nitrogens is 2. The van der Waals surface area contributed by atoms with Crippen molar-refractivity contribution in [1.29, 1.82) is 10.5 Å². The van der Waals surface area contributed by atoms with E-state index >= 15 is 0 Å². The van der Waals surface area contributed by atoms with Crippen LogP contribution in [0.5, 0.6) is 0 Å². The summed E-state index contributed by atoms with van der Waals surface area (Å²) >= 11 is 0. The van der Waals surface area contributed by atoms with Crippen molar-refractivity contribution in [1.82, 2.24) is 9.13 Å². The lowest BCUT2D eigenvalue weighted by molar-refractivity contribution is -0.138. The molecule has 9 rings (SSSR count). The largest absolute Gasteiger partial charge is 0.416 e. The van der Waals surface area contributed by atoms with Gasteiger partial charge in [0.2, 0.25) is 0 Å². The molecule has 0 atom stereocenters. The van der Waals surface area contributed by atoms with E-state index < -0.39 is 23.5 Å². The molecule has 0 spiro atoms. The number of hydrogen-bond donors (Lipinski definition) is 0. The van der Waals surface area contributed by atoms with Crippen LogP contribution in [-0.2, 0) is 12.4 Å². The Bertz CT molecular complexity index is 3100. The van der Waals surface area contributed by atoms with Crippen LogP contribution in [0.15, 0.2) is 146 Å². The SMILES string of the molecule is N#Cc1ccc(-n2c3ccccc3c3cc(-c4cc(C(F)(F)F)ccc4-n4c5ccccc5c5ccccc54)ccc32)c(-c2ccc(C(F)(F)F)cc2C#N)c1. The number of fused-ring (bicyclic) bond motifs is 6. The normalized spacial score (nSPS) is 12.1. The molecule has 0 bridgehead atoms. The van der Waals surface area contributed by atoms with Gasteiger partial charge in [0.15, 0.2) is 0 Å². The van der Waals surface area contributed by atoms with Crippen LogP contribution in [0.2, 0.25) is 0 Å². The van der Waals surface area contributed by atoms with Crippen molar-refractivity contribution in [3.63, 3.8) is 0 Å². The Morgan fingerprint density at radius 2 is 0.911 bits per heavy atom. The predicted molar refractivity (Wildman–Crippen MR) is 205 cm³/mol. The highest BCUT2D eigenvalue weighted by molar-refractivity contribution is 6.12. The third kappa shape index (κ3) is 5.46. The van der Waals surface area contributed by atoms with Crippen LogP contribution in [-0.4, -0.2) is 9.13 Å². The molecule has 0 saturated heterocycles. The molecule has 0 aliphatic carbocycles. The van der Waals surface area contributed by atoms with Crippen molar-refractivity contribution in [2.45, 2.75) is 12.4 Å². The fraction of sp³-hybridized carbons (Fsp3) is 0.0435. The molecule has 0 N–H and O–H groups in total. The average Bonchev–Trinajstić information content (AvgIpc) is 3.72. The Kier molecular flexibility index (Phi) is 7.78. The third-order valence-corrected chi connectivity index (χ3v) is 10.3. The van der Waals surface area contributed by atoms with E-state index in [4.69, 9.17) is 0 Å². The van der Waals surface area contributed by atoms with Gasteiger partial charge >= 0.3 is 12.4 Å². The highest BCUT2D eigenvalue weighted by Gasteiger charge is 2.33. The smallest absolute Gasteiger partial charge is 0.309 e. The van der Waals surface area contributed by atoms with Gasteiger partial charge in [-0.05, 0) is 84.4 Å². The number of halogens is 6. The Balaban J connectivity index is 1.31. The maximum Gasteiger partial charge on any atom is 0.416 e. The van der Waals surface area contributed by atoms with Gasteiger partial charge in [0.05, 0.1) is 67.8 Å². The van der Waals surface area contributed by atoms with Crippen molar-refractivity contribution in [2.75, 3.05) is 0 Å². The number of nitriles is 2. The van der Waals surface area contributed by atoms with E-state index in [1.807, 2.05) is 94.1 Å². The molecule has 0 fully saturated rings. The number of para-hydroxylation sites is 3. The van der Waals surface area contributed by atoms with Crippen molar-refractivity contribution < 1.29 is 26.3 Å². The van der Waals surface area contributed by atoms with Gasteiger partial charge in [-0.25, -0.2) is 0 Å². The van der Waals surface area contributed by atoms with Gasteiger partial charge in [0.1, 0.15) is 0 Å². The average molecular weight is 747 g/mol. The van der Waals surface area contributed by atoms with Crippen molar-refractivity contribution in [3.8, 4) is 45.8 Å². The Morgan fingerprint density at radius 3 is 1.48 bits per heavy atom. The van der Waals surface area contributed by atoms with Crippen LogP contribution >= 0.6 is 0 Å². The molecule has 270 valence electrons. The molecule has 9 aromatic rings. The van der Waals surface area contributed by atoms with Crippen LogP contribution in [0.25, 0.3) is 77.2 Å². The Hall–Kier alpha value is -7.30. The highest BCUT2D eigenvalue weighted by atomic mass is 19.4. The maximum atomic E-state index is 14.4. The predicted octanol–water partition coefficient (Wildman–Crippen LogP) is 13.0. The summed E-state index contributed by atoms with van der Waals surface area (Å²) in [4.78, 5) is 0. The van der Waals surface area contributed by atoms with E-state index in [9.17, 15) is 36.9 Å². The molecule has 2 aromatic heterocycles. The maximum absolute atomic E-state index is 14.4. The van der Waals surface area contributed by atoms with Gasteiger partial charge in [-0.2, -0.15) is 36.9 Å². The van der Waals surface area contributed by atoms with Crippen LogP contribution in [0.3, 0.4) is 0 Å². The molecule has 0 aliphatic heterocycles. The van der Waals surface area contributed by atoms with E-state index in [0.29, 0.717) is 44.5 Å². The lowest BCUT2D eigenvalue weighted by atomic mass is 9.95. The van der Waals surface area contributed by atoms with Crippen molar-refractivity contribution >= 4 is 43.6 Å². The van der Waals surface area contributed by atoms with Gasteiger partial charge in [-0.15, -0.1) is 0 Å². The molecule has 0 amide bonds. The van der Waals surface area contributed by atoms with Gasteiger partial charge in [0.25, 0.3) is 0 Å². The molecule has 10 heteroatoms. The van der Waals surface area contributed by atoms with Crippen LogP contribution in [0.4, 0.5) is 26.3 Å². The second-order valence-corrected chi connectivity index (χ2v) is 13.4. The number of alkyl halides is 6. The minimum Gasteiger partial charge on any atom is -0.309 e. The molecule has 0 unspecified atom stereocenters. The quantitative estimate of drug-likeness (QED) is 0.168. The zero-order valence-electron chi connectivity index (χ0n) is 28.9. The zero-order valence-corrected chi connectivity index (χ0v) is 28.9. The van der Waals surface area contributed by atoms with Gasteiger partial charge < -0.3 is 9.13 Å². The summed E-state index contributed by atoms with van der Waals surface area (Å²) < 4.78 is 88.0. The summed E-state index contributed by atoms with van der Waals surface area (Å²) in [6.45, 7) is 0. The highest BCUT2D eigenvalue weighted by Crippen LogP contribution is 2.43. The molecular formula is C46H24F6N4. The first-order valence-corrected chi connectivity index (χ1v) is 17.4. The van der Waals surface area contributed by atoms with E-state index in [1.165, 1.54) is 24.3 Å². The summed E-state index contributed by atoms with van der Waals surface area (Å²) in [6, 6.07) is 43.8. The van der Waals surface area contributed by atoms with Gasteiger partial charge in [0, 0.05) is 38.2 Å². The van der Waals surface area contributed by atoms with Crippen LogP contribution in [0, 0.1) is 22.7 Å². The lowest BCUT2D eigenvalue weighted by Gasteiger charge is -2.18. The number of hydrogen-bond acceptors (Lipinski definition) is 2. The van der Waals surface area contributed by atoms with E-state index in [0.717, 1.165) is 45.4 Å². The molecule has 7 aromatic carbocycles. The van der Waals surface area contributed by atoms with Crippen LogP contribution < -0.4 is 0 Å². The standard InChI is InChI=1S/C46H24F6N4/c47-45(48,49)30-15-17-32(29(22-30)26-54)37-21-27(25-53)13-18-43(37)56-41-12-6-3-9-35(41)38-23-28(14-19-44(38)56)36-24-31(46(50,51)52)16-20-42(36)55-39-10-4-1-7-33(39)34-8-2-5-11-40(34)55/h1-24H. The minimum atomic E-state index is -4.67. The van der Waals surface area contributed by atoms with E-state index in [2.05, 4.69) is 6.07 Å². The topological polar surface area (TPSA) is 57.4 Å². The molecule has 56 heavy (non-hydrogen) atoms. The second-order valence-electron chi connectivity index (χ2n) is 13.4. The molecular weight excluding hydrogens is 723 g/mol. The summed E-state index contributed by atoms with van der Waals surface area (Å²) in [6.07, 6.45) is -9.28. The van der Waals surface area contributed by atoms with Gasteiger partial charge in [-0.3, -0.25) is 0 Å². The number of rotatable bonds is 4. The third-order valence-electron chi connectivity index (χ3n) is 10.3. The molecule has 0 radical (unpaired) electrons. The first-order chi connectivity index (χ1) is 27.0. The zero-order chi connectivity index (χ0) is 38.9. The fourth-order valence-electron chi connectivity index (χ4n) is 7.78. The fourth-order valence-corrected chi connectivity index (χ4v) is 7.78. The monoisotopic (exact) mass is 746 g/mol. The molecule has 2 heterocycles.